The second kappa shape index (κ2) is 7.19. The first kappa shape index (κ1) is 18.3. The van der Waals surface area contributed by atoms with E-state index >= 15 is 0 Å². The Morgan fingerprint density at radius 1 is 0.833 bits per heavy atom. The monoisotopic (exact) mass is 297 g/mol. The van der Waals surface area contributed by atoms with Crippen LogP contribution in [-0.2, 0) is 0 Å². The minimum absolute atomic E-state index is 0.455. The highest BCUT2D eigenvalue weighted by atomic mass is 31.2. The standard InChI is InChI=1S/C13H30F2NPSi/c1-11(2)8-17(9-12(3)4,10-13(5)6)16-18(7,14)15/h11-13H,8-10H2,1-7H3. The van der Waals surface area contributed by atoms with Gasteiger partial charge >= 0.3 is 8.90 Å². The van der Waals surface area contributed by atoms with Gasteiger partial charge in [0.15, 0.2) is 0 Å². The fourth-order valence-electron chi connectivity index (χ4n) is 2.76. The predicted molar refractivity (Wildman–Crippen MR) is 82.3 cm³/mol. The highest BCUT2D eigenvalue weighted by Gasteiger charge is 2.34. The van der Waals surface area contributed by atoms with Crippen LogP contribution < -0.4 is 0 Å². The molecule has 0 radical (unpaired) electrons. The van der Waals surface area contributed by atoms with Gasteiger partial charge < -0.3 is 0 Å². The second-order valence-corrected chi connectivity index (χ2v) is 12.5. The van der Waals surface area contributed by atoms with Crippen molar-refractivity contribution in [3.63, 3.8) is 0 Å². The Hall–Kier alpha value is 0.307. The van der Waals surface area contributed by atoms with Gasteiger partial charge in [0.1, 0.15) is 0 Å². The van der Waals surface area contributed by atoms with Crippen molar-refractivity contribution in [2.24, 2.45) is 22.2 Å². The molecule has 0 heterocycles. The number of rotatable bonds is 7. The lowest BCUT2D eigenvalue weighted by atomic mass is 10.3. The van der Waals surface area contributed by atoms with Crippen LogP contribution in [0, 0.1) is 17.8 Å². The molecule has 0 saturated carbocycles. The number of hydrogen-bond donors (Lipinski definition) is 0. The smallest absolute Gasteiger partial charge is 0.278 e. The van der Waals surface area contributed by atoms with Gasteiger partial charge in [0.2, 0.25) is 0 Å². The van der Waals surface area contributed by atoms with Crippen molar-refractivity contribution >= 4 is 16.0 Å². The molecule has 1 nitrogen and oxygen atoms in total. The van der Waals surface area contributed by atoms with Crippen LogP contribution in [0.3, 0.4) is 0 Å². The quantitative estimate of drug-likeness (QED) is 0.326. The number of nitrogens with zero attached hydrogens (tertiary/aromatic N) is 1. The van der Waals surface area contributed by atoms with Crippen molar-refractivity contribution in [3.8, 4) is 0 Å². The molecule has 0 aliphatic heterocycles. The SMILES string of the molecule is CC(C)CP(CC(C)C)(CC(C)C)=N[Si](C)(F)F. The van der Waals surface area contributed by atoms with Crippen LogP contribution in [-0.4, -0.2) is 27.4 Å². The Kier molecular flexibility index (Phi) is 7.31. The molecule has 0 rings (SSSR count). The summed E-state index contributed by atoms with van der Waals surface area (Å²) in [7, 11) is -6.17. The lowest BCUT2D eigenvalue weighted by Crippen LogP contribution is -2.19. The van der Waals surface area contributed by atoms with Crippen LogP contribution in [0.2, 0.25) is 6.55 Å². The van der Waals surface area contributed by atoms with E-state index in [0.29, 0.717) is 17.8 Å². The molecule has 0 aliphatic rings. The first-order valence-electron chi connectivity index (χ1n) is 6.94. The molecule has 0 aliphatic carbocycles. The lowest BCUT2D eigenvalue weighted by Gasteiger charge is -2.31. The largest absolute Gasteiger partial charge is 0.550 e. The van der Waals surface area contributed by atoms with Gasteiger partial charge in [-0.15, -0.1) is 0 Å². The molecule has 0 aromatic heterocycles. The Morgan fingerprint density at radius 2 is 1.11 bits per heavy atom. The minimum atomic E-state index is -4.32. The average molecular weight is 297 g/mol. The van der Waals surface area contributed by atoms with Crippen molar-refractivity contribution in [1.29, 1.82) is 0 Å². The van der Waals surface area contributed by atoms with Gasteiger partial charge in [-0.3, -0.25) is 4.41 Å². The van der Waals surface area contributed by atoms with Gasteiger partial charge in [0.05, 0.1) is 0 Å². The molecular formula is C13H30F2NPSi. The van der Waals surface area contributed by atoms with Crippen molar-refractivity contribution in [2.45, 2.75) is 48.1 Å². The van der Waals surface area contributed by atoms with Crippen LogP contribution in [0.1, 0.15) is 41.5 Å². The summed E-state index contributed by atoms with van der Waals surface area (Å²) in [5.74, 6) is 1.36. The zero-order valence-electron chi connectivity index (χ0n) is 13.0. The summed E-state index contributed by atoms with van der Waals surface area (Å²) in [6.45, 7) is 13.8. The van der Waals surface area contributed by atoms with Crippen molar-refractivity contribution in [3.05, 3.63) is 0 Å². The Labute approximate surface area is 113 Å². The van der Waals surface area contributed by atoms with Crippen LogP contribution in [0.25, 0.3) is 0 Å². The van der Waals surface area contributed by atoms with Gasteiger partial charge in [-0.05, 0) is 43.3 Å². The zero-order valence-corrected chi connectivity index (χ0v) is 14.9. The number of hydrogen-bond acceptors (Lipinski definition) is 1. The Bertz CT molecular complexity index is 263. The van der Waals surface area contributed by atoms with Crippen LogP contribution in [0.4, 0.5) is 8.22 Å². The summed E-state index contributed by atoms with van der Waals surface area (Å²) in [5, 5.41) is 0. The first-order valence-corrected chi connectivity index (χ1v) is 11.4. The van der Waals surface area contributed by atoms with Gasteiger partial charge in [-0.2, -0.15) is 0 Å². The van der Waals surface area contributed by atoms with E-state index in [1.165, 1.54) is 0 Å². The van der Waals surface area contributed by atoms with E-state index in [4.69, 9.17) is 0 Å². The van der Waals surface area contributed by atoms with E-state index < -0.39 is 16.0 Å². The fraction of sp³-hybridized carbons (Fsp3) is 1.00. The van der Waals surface area contributed by atoms with E-state index in [0.717, 1.165) is 25.0 Å². The van der Waals surface area contributed by atoms with E-state index in [1.807, 2.05) is 0 Å². The van der Waals surface area contributed by atoms with E-state index in [2.05, 4.69) is 46.0 Å². The summed E-state index contributed by atoms with van der Waals surface area (Å²) in [6, 6.07) is 0. The van der Waals surface area contributed by atoms with Crippen molar-refractivity contribution in [2.75, 3.05) is 18.5 Å². The summed E-state index contributed by atoms with van der Waals surface area (Å²) < 4.78 is 31.3. The van der Waals surface area contributed by atoms with E-state index in [9.17, 15) is 8.22 Å². The maximum atomic E-state index is 13.6. The molecule has 0 unspecified atom stereocenters. The van der Waals surface area contributed by atoms with Gasteiger partial charge in [0.25, 0.3) is 0 Å². The van der Waals surface area contributed by atoms with Crippen LogP contribution in [0.5, 0.6) is 0 Å². The van der Waals surface area contributed by atoms with Crippen LogP contribution in [0.15, 0.2) is 4.41 Å². The molecule has 0 atom stereocenters. The van der Waals surface area contributed by atoms with E-state index in [1.54, 1.807) is 0 Å². The van der Waals surface area contributed by atoms with Gasteiger partial charge in [0, 0.05) is 6.55 Å². The molecular weight excluding hydrogens is 267 g/mol. The summed E-state index contributed by atoms with van der Waals surface area (Å²) in [6.07, 6.45) is 2.67. The summed E-state index contributed by atoms with van der Waals surface area (Å²) >= 11 is 0. The maximum absolute atomic E-state index is 13.6. The molecule has 0 aromatic carbocycles. The van der Waals surface area contributed by atoms with Gasteiger partial charge in [-0.25, -0.2) is 8.22 Å². The number of halogens is 2. The highest BCUT2D eigenvalue weighted by molar-refractivity contribution is 7.67. The molecule has 0 bridgehead atoms. The predicted octanol–water partition coefficient (Wildman–Crippen LogP) is 5.66. The topological polar surface area (TPSA) is 12.4 Å². The third-order valence-electron chi connectivity index (χ3n) is 2.50. The van der Waals surface area contributed by atoms with Crippen molar-refractivity contribution in [1.82, 2.24) is 0 Å². The third kappa shape index (κ3) is 8.42. The molecule has 0 spiro atoms. The first-order chi connectivity index (χ1) is 7.96. The molecule has 5 heteroatoms. The van der Waals surface area contributed by atoms with Crippen LogP contribution >= 0.6 is 7.05 Å². The molecule has 0 aromatic rings. The molecule has 0 N–H and O–H groups in total. The lowest BCUT2D eigenvalue weighted by molar-refractivity contribution is 0.616. The highest BCUT2D eigenvalue weighted by Crippen LogP contribution is 2.55. The zero-order chi connectivity index (χ0) is 14.6. The maximum Gasteiger partial charge on any atom is 0.550 e. The molecule has 0 amide bonds. The van der Waals surface area contributed by atoms with Gasteiger partial charge in [-0.1, -0.05) is 41.5 Å². The minimum Gasteiger partial charge on any atom is -0.278 e. The second-order valence-electron chi connectivity index (χ2n) is 6.77. The third-order valence-corrected chi connectivity index (χ3v) is 9.83. The van der Waals surface area contributed by atoms with Crippen molar-refractivity contribution < 1.29 is 8.22 Å². The summed E-state index contributed by atoms with van der Waals surface area (Å²) in [4.78, 5) is 0. The average Bonchev–Trinajstić information content (AvgIpc) is 1.92. The molecule has 0 fully saturated rings. The molecule has 110 valence electrons. The Morgan fingerprint density at radius 3 is 1.28 bits per heavy atom. The normalized spacial score (nSPS) is 13.8. The summed E-state index contributed by atoms with van der Waals surface area (Å²) in [5.41, 5.74) is 0. The molecule has 0 saturated heterocycles. The fourth-order valence-corrected chi connectivity index (χ4v) is 11.2. The molecule has 18 heavy (non-hydrogen) atoms. The Balaban J connectivity index is 5.46. The van der Waals surface area contributed by atoms with E-state index in [-0.39, 0.29) is 0 Å².